The number of fused-ring (bicyclic) bond motifs is 5. The molecule has 5 nitrogen and oxygen atoms in total. The van der Waals surface area contributed by atoms with E-state index < -0.39 is 60.4 Å². The van der Waals surface area contributed by atoms with E-state index >= 15 is 0 Å². The summed E-state index contributed by atoms with van der Waals surface area (Å²) in [5.74, 6) is 1.60. The fraction of sp³-hybridized carbons (Fsp3) is 0.194. The van der Waals surface area contributed by atoms with Gasteiger partial charge in [0.1, 0.15) is 5.82 Å². The van der Waals surface area contributed by atoms with Gasteiger partial charge < -0.3 is 13.9 Å². The minimum atomic E-state index is -0.572. The van der Waals surface area contributed by atoms with E-state index in [-0.39, 0.29) is 65.3 Å². The van der Waals surface area contributed by atoms with Gasteiger partial charge in [0.2, 0.25) is 0 Å². The maximum absolute atomic E-state index is 9.15. The molecule has 0 N–H and O–H groups in total. The van der Waals surface area contributed by atoms with Gasteiger partial charge in [-0.25, -0.2) is 4.98 Å². The second-order valence-electron chi connectivity index (χ2n) is 21.1. The predicted molar refractivity (Wildman–Crippen MR) is 295 cm³/mol. The molecule has 0 unspecified atom stereocenters. The van der Waals surface area contributed by atoms with Gasteiger partial charge in [-0.15, -0.1) is 23.6 Å². The van der Waals surface area contributed by atoms with Gasteiger partial charge in [-0.05, 0) is 97.3 Å². The molecule has 364 valence electrons. The molecule has 0 radical (unpaired) electrons. The minimum absolute atomic E-state index is 0. The molecular weight excluding hydrogens is 1070 g/mol. The van der Waals surface area contributed by atoms with Gasteiger partial charge in [0.15, 0.2) is 0 Å². The average Bonchev–Trinajstić information content (AvgIpc) is 2.31. The SMILES string of the molecule is [2H]c1c([2H])c([2H])c(-c2cccc(-c3c([2H])c([2H])c([2H])c([2H])c3[2H])c2-[n+]2[c-]n(-c3[c-]c(Oc4[c-]c5c(cc4-c4cccc6c4C(C)(C)CCCC6(C)C)c4ccccc4n5-c4cc(C(C)(C)C)ccn4)ccc3)c3ccccc32)c([2H])c1[2H].[Pt]. The van der Waals surface area contributed by atoms with E-state index in [1.54, 1.807) is 27.3 Å². The normalized spacial score (nSPS) is 16.1. The molecule has 0 spiro atoms. The van der Waals surface area contributed by atoms with E-state index in [1.165, 1.54) is 11.1 Å². The van der Waals surface area contributed by atoms with Crippen molar-refractivity contribution in [2.75, 3.05) is 0 Å². The molecule has 3 heterocycles. The summed E-state index contributed by atoms with van der Waals surface area (Å²) in [6.07, 6.45) is 8.49. The zero-order chi connectivity index (χ0) is 58.1. The van der Waals surface area contributed by atoms with E-state index in [0.717, 1.165) is 63.6 Å². The third-order valence-corrected chi connectivity index (χ3v) is 14.5. The zero-order valence-electron chi connectivity index (χ0n) is 51.8. The van der Waals surface area contributed by atoms with Crippen molar-refractivity contribution in [3.05, 3.63) is 223 Å². The van der Waals surface area contributed by atoms with Crippen molar-refractivity contribution in [2.45, 2.75) is 84.0 Å². The number of benzene rings is 8. The molecule has 0 saturated carbocycles. The van der Waals surface area contributed by atoms with Crippen LogP contribution in [0.25, 0.3) is 83.4 Å². The molecule has 12 rings (SSSR count). The summed E-state index contributed by atoms with van der Waals surface area (Å²) in [7, 11) is 0. The van der Waals surface area contributed by atoms with Crippen LogP contribution in [-0.2, 0) is 37.3 Å². The summed E-state index contributed by atoms with van der Waals surface area (Å²) in [5.41, 5.74) is 8.81. The molecule has 73 heavy (non-hydrogen) atoms. The molecule has 0 bridgehead atoms. The van der Waals surface area contributed by atoms with Crippen molar-refractivity contribution in [1.29, 1.82) is 0 Å². The number of ether oxygens (including phenoxy) is 1. The third-order valence-electron chi connectivity index (χ3n) is 14.5. The van der Waals surface area contributed by atoms with E-state index in [2.05, 4.69) is 126 Å². The van der Waals surface area contributed by atoms with Gasteiger partial charge in [0.05, 0.1) is 30.4 Å². The van der Waals surface area contributed by atoms with Crippen LogP contribution in [-0.4, -0.2) is 14.1 Å². The first kappa shape index (κ1) is 37.4. The van der Waals surface area contributed by atoms with Crippen LogP contribution in [0.3, 0.4) is 0 Å². The third kappa shape index (κ3) is 8.52. The standard InChI is InChI=1S/C67H58N4O.Pt/c1-65(2,3)47-36-39-68-62(40-47)71-57-33-15-14-28-52(57)54-42-55(53-31-20-32-56-63(53)67(6,7)38-21-37-66(56,4)5)61(43-60(54)71)72-49-27-18-26-48(41-49)69-44-70(59-35-17-16-34-58(59)69)64-50(45-22-10-8-11-23-45)29-19-30-51(64)46-24-12-9-13-25-46;/h8-20,22-36,39-40,42H,21,37-38H2,1-7H3;/q-2;/i8D,9D,10D,11D,12D,13D,22D,23D,24D,25D;. The molecular formula is C67H58N4OPt-2. The first-order valence-corrected chi connectivity index (χ1v) is 24.5. The summed E-state index contributed by atoms with van der Waals surface area (Å²) < 4.78 is 101. The Morgan fingerprint density at radius 3 is 2.01 bits per heavy atom. The van der Waals surface area contributed by atoms with Crippen LogP contribution in [0.15, 0.2) is 188 Å². The summed E-state index contributed by atoms with van der Waals surface area (Å²) in [5, 5.41) is 2.04. The van der Waals surface area contributed by atoms with E-state index in [1.807, 2.05) is 54.7 Å². The molecule has 0 aliphatic heterocycles. The minimum Gasteiger partial charge on any atom is -0.509 e. The van der Waals surface area contributed by atoms with Crippen molar-refractivity contribution in [2.24, 2.45) is 0 Å². The van der Waals surface area contributed by atoms with E-state index in [0.29, 0.717) is 28.2 Å². The van der Waals surface area contributed by atoms with Crippen molar-refractivity contribution in [1.82, 2.24) is 14.1 Å². The molecule has 0 amide bonds. The Labute approximate surface area is 458 Å². The number of pyridine rings is 1. The number of hydrogen-bond donors (Lipinski definition) is 0. The van der Waals surface area contributed by atoms with Gasteiger partial charge in [-0.3, -0.25) is 4.57 Å². The number of imidazole rings is 1. The Kier molecular flexibility index (Phi) is 9.54. The second kappa shape index (κ2) is 18.6. The van der Waals surface area contributed by atoms with E-state index in [4.69, 9.17) is 23.4 Å². The van der Waals surface area contributed by atoms with Gasteiger partial charge in [-0.2, -0.15) is 18.2 Å². The first-order valence-electron chi connectivity index (χ1n) is 29.5. The van der Waals surface area contributed by atoms with Crippen molar-refractivity contribution >= 4 is 32.8 Å². The van der Waals surface area contributed by atoms with Crippen LogP contribution >= 0.6 is 0 Å². The smallest absolute Gasteiger partial charge is 0.268 e. The van der Waals surface area contributed by atoms with E-state index in [9.17, 15) is 0 Å². The number of hydrogen-bond acceptors (Lipinski definition) is 2. The van der Waals surface area contributed by atoms with Crippen LogP contribution in [0.4, 0.5) is 0 Å². The summed E-state index contributed by atoms with van der Waals surface area (Å²) in [6.45, 7) is 15.9. The Bertz CT molecular complexity index is 4340. The van der Waals surface area contributed by atoms with Gasteiger partial charge in [0.25, 0.3) is 6.33 Å². The summed E-state index contributed by atoms with van der Waals surface area (Å²) in [4.78, 5) is 4.97. The van der Waals surface area contributed by atoms with Crippen molar-refractivity contribution in [3.8, 4) is 62.1 Å². The number of nitrogens with zero attached hydrogens (tertiary/aromatic N) is 4. The fourth-order valence-electron chi connectivity index (χ4n) is 10.8. The largest absolute Gasteiger partial charge is 0.509 e. The molecule has 1 aliphatic carbocycles. The quantitative estimate of drug-likeness (QED) is 0.0863. The average molecular weight is 1140 g/mol. The number of rotatable bonds is 8. The zero-order valence-corrected chi connectivity index (χ0v) is 44.0. The summed E-state index contributed by atoms with van der Waals surface area (Å²) in [6, 6.07) is 41.4. The Morgan fingerprint density at radius 2 is 1.29 bits per heavy atom. The Balaban J connectivity index is 0.00000721. The van der Waals surface area contributed by atoms with Crippen LogP contribution in [0.5, 0.6) is 11.5 Å². The first-order chi connectivity index (χ1) is 39.0. The second-order valence-corrected chi connectivity index (χ2v) is 21.1. The fourth-order valence-corrected chi connectivity index (χ4v) is 10.8. The monoisotopic (exact) mass is 1140 g/mol. The van der Waals surface area contributed by atoms with Gasteiger partial charge in [-0.1, -0.05) is 211 Å². The van der Waals surface area contributed by atoms with Gasteiger partial charge >= 0.3 is 0 Å². The number of para-hydroxylation sites is 4. The molecule has 11 aromatic rings. The number of aromatic nitrogens is 4. The Hall–Kier alpha value is -7.33. The molecule has 3 aromatic heterocycles. The topological polar surface area (TPSA) is 35.9 Å². The maximum Gasteiger partial charge on any atom is 0.268 e. The molecule has 8 aromatic carbocycles. The van der Waals surface area contributed by atoms with Crippen molar-refractivity contribution in [3.63, 3.8) is 0 Å². The van der Waals surface area contributed by atoms with Crippen LogP contribution in [0, 0.1) is 18.5 Å². The Morgan fingerprint density at radius 1 is 0.644 bits per heavy atom. The van der Waals surface area contributed by atoms with Crippen LogP contribution < -0.4 is 9.30 Å². The maximum atomic E-state index is 9.15. The molecule has 0 saturated heterocycles. The molecule has 0 fully saturated rings. The van der Waals surface area contributed by atoms with Gasteiger partial charge in [0, 0.05) is 44.3 Å². The molecule has 6 heteroatoms. The van der Waals surface area contributed by atoms with Crippen LogP contribution in [0.1, 0.15) is 98.1 Å². The van der Waals surface area contributed by atoms with Crippen LogP contribution in [0.2, 0.25) is 0 Å². The predicted octanol–water partition coefficient (Wildman–Crippen LogP) is 16.6. The summed E-state index contributed by atoms with van der Waals surface area (Å²) >= 11 is 0. The molecule has 1 aliphatic rings. The van der Waals surface area contributed by atoms with Crippen molar-refractivity contribution < 1.29 is 44.1 Å². The molecule has 0 atom stereocenters.